The molecule has 1 aliphatic heterocycles. The third-order valence-electron chi connectivity index (χ3n) is 11.9. The maximum absolute atomic E-state index is 2.74. The van der Waals surface area contributed by atoms with Crippen LogP contribution in [0.5, 0.6) is 0 Å². The van der Waals surface area contributed by atoms with E-state index in [9.17, 15) is 0 Å². The molecule has 186 valence electrons. The molecule has 0 spiro atoms. The fourth-order valence-electron chi connectivity index (χ4n) is 9.89. The molecule has 9 atom stereocenters. The van der Waals surface area contributed by atoms with E-state index in [4.69, 9.17) is 0 Å². The monoisotopic (exact) mass is 451 g/mol. The molecule has 5 rings (SSSR count). The van der Waals surface area contributed by atoms with Gasteiger partial charge in [-0.2, -0.15) is 0 Å². The number of hydrogen-bond donors (Lipinski definition) is 0. The molecule has 1 heteroatoms. The summed E-state index contributed by atoms with van der Waals surface area (Å²) in [7, 11) is 2.31. The number of rotatable bonds is 4. The van der Waals surface area contributed by atoms with Crippen LogP contribution in [0.2, 0.25) is 0 Å². The van der Waals surface area contributed by atoms with Gasteiger partial charge in [-0.25, -0.2) is 0 Å². The number of nitrogens with zero attached hydrogens (tertiary/aromatic N) is 1. The van der Waals surface area contributed by atoms with Gasteiger partial charge in [-0.3, -0.25) is 0 Å². The maximum atomic E-state index is 2.74. The predicted molar refractivity (Wildman–Crippen MR) is 142 cm³/mol. The van der Waals surface area contributed by atoms with E-state index in [1.807, 2.05) is 5.57 Å². The van der Waals surface area contributed by atoms with Crippen molar-refractivity contribution >= 4 is 0 Å². The highest BCUT2D eigenvalue weighted by atomic mass is 15.1. The van der Waals surface area contributed by atoms with Crippen molar-refractivity contribution in [3.63, 3.8) is 0 Å². The van der Waals surface area contributed by atoms with Gasteiger partial charge in [0, 0.05) is 6.54 Å². The lowest BCUT2D eigenvalue weighted by Crippen LogP contribution is -2.40. The van der Waals surface area contributed by atoms with Crippen molar-refractivity contribution in [3.8, 4) is 0 Å². The minimum absolute atomic E-state index is 0.453. The van der Waals surface area contributed by atoms with Gasteiger partial charge in [0.2, 0.25) is 0 Å². The van der Waals surface area contributed by atoms with Gasteiger partial charge in [-0.1, -0.05) is 58.8 Å². The van der Waals surface area contributed by atoms with Crippen LogP contribution in [-0.4, -0.2) is 25.0 Å². The second-order valence-electron chi connectivity index (χ2n) is 14.3. The summed E-state index contributed by atoms with van der Waals surface area (Å²) in [4.78, 5) is 2.54. The Kier molecular flexibility index (Phi) is 6.69. The molecule has 9 unspecified atom stereocenters. The molecule has 0 bridgehead atoms. The van der Waals surface area contributed by atoms with E-state index in [1.165, 1.54) is 83.7 Å². The summed E-state index contributed by atoms with van der Waals surface area (Å²) in [5.41, 5.74) is 4.62. The summed E-state index contributed by atoms with van der Waals surface area (Å²) in [5.74, 6) is 6.43. The highest BCUT2D eigenvalue weighted by Crippen LogP contribution is 2.63. The van der Waals surface area contributed by atoms with Gasteiger partial charge in [-0.15, -0.1) is 0 Å². The number of fused-ring (bicyclic) bond motifs is 4. The first-order valence-electron chi connectivity index (χ1n) is 14.8. The summed E-state index contributed by atoms with van der Waals surface area (Å²) >= 11 is 0. The normalized spacial score (nSPS) is 47.0. The van der Waals surface area contributed by atoms with Crippen molar-refractivity contribution in [1.29, 1.82) is 0 Å². The van der Waals surface area contributed by atoms with Gasteiger partial charge in [0.25, 0.3) is 0 Å². The third kappa shape index (κ3) is 4.43. The topological polar surface area (TPSA) is 3.24 Å². The van der Waals surface area contributed by atoms with Crippen molar-refractivity contribution in [2.45, 2.75) is 105 Å². The standard InChI is InChI=1S/C32H53N/c1-22-7-10-27-19-26-13-17-32(5)29(11-12-30(32)28(26)14-16-31(27,4)20-22)23(2)8-9-25-15-18-33(6)21-24(25)3/h10,19,22-25,28-30H,7-9,11-18,20-21H2,1-6H3. The fourth-order valence-corrected chi connectivity index (χ4v) is 9.89. The van der Waals surface area contributed by atoms with Crippen molar-refractivity contribution in [3.05, 3.63) is 23.3 Å². The second kappa shape index (κ2) is 9.15. The Balaban J connectivity index is 1.27. The first-order valence-corrected chi connectivity index (χ1v) is 14.8. The second-order valence-corrected chi connectivity index (χ2v) is 14.3. The van der Waals surface area contributed by atoms with Gasteiger partial charge < -0.3 is 4.90 Å². The number of likely N-dealkylation sites (tertiary alicyclic amines) is 1. The summed E-state index contributed by atoms with van der Waals surface area (Å²) < 4.78 is 0. The van der Waals surface area contributed by atoms with Crippen LogP contribution in [0.15, 0.2) is 23.3 Å². The third-order valence-corrected chi connectivity index (χ3v) is 11.9. The van der Waals surface area contributed by atoms with Crippen molar-refractivity contribution in [2.75, 3.05) is 20.1 Å². The van der Waals surface area contributed by atoms with Crippen LogP contribution in [0.4, 0.5) is 0 Å². The molecule has 0 aromatic carbocycles. The molecule has 0 aromatic heterocycles. The van der Waals surface area contributed by atoms with E-state index in [0.717, 1.165) is 41.4 Å². The molecule has 2 saturated carbocycles. The fraction of sp³-hybridized carbons (Fsp3) is 0.875. The molecule has 0 aromatic rings. The molecule has 0 radical (unpaired) electrons. The van der Waals surface area contributed by atoms with Crippen LogP contribution in [0.1, 0.15) is 105 Å². The average molecular weight is 452 g/mol. The zero-order valence-electron chi connectivity index (χ0n) is 22.8. The predicted octanol–water partition coefficient (Wildman–Crippen LogP) is 8.52. The number of piperidine rings is 1. The van der Waals surface area contributed by atoms with E-state index in [2.05, 4.69) is 58.7 Å². The highest BCUT2D eigenvalue weighted by Gasteiger charge is 2.54. The van der Waals surface area contributed by atoms with Crippen LogP contribution in [-0.2, 0) is 0 Å². The minimum Gasteiger partial charge on any atom is -0.306 e. The quantitative estimate of drug-likeness (QED) is 0.414. The summed E-state index contributed by atoms with van der Waals surface area (Å²) in [6.45, 7) is 15.6. The molecule has 0 N–H and O–H groups in total. The Bertz CT molecular complexity index is 777. The molecule has 0 amide bonds. The van der Waals surface area contributed by atoms with Crippen molar-refractivity contribution in [1.82, 2.24) is 4.90 Å². The summed E-state index contributed by atoms with van der Waals surface area (Å²) in [6.07, 6.45) is 21.2. The lowest BCUT2D eigenvalue weighted by atomic mass is 9.57. The van der Waals surface area contributed by atoms with Gasteiger partial charge in [-0.05, 0) is 136 Å². The Hall–Kier alpha value is -0.560. The largest absolute Gasteiger partial charge is 0.306 e. The average Bonchev–Trinajstić information content (AvgIpc) is 3.03. The maximum Gasteiger partial charge on any atom is 0.000662 e. The van der Waals surface area contributed by atoms with Crippen LogP contribution in [0.3, 0.4) is 0 Å². The first-order chi connectivity index (χ1) is 15.7. The van der Waals surface area contributed by atoms with E-state index < -0.39 is 0 Å². The Morgan fingerprint density at radius 2 is 1.91 bits per heavy atom. The summed E-state index contributed by atoms with van der Waals surface area (Å²) in [5, 5.41) is 0. The van der Waals surface area contributed by atoms with Crippen LogP contribution in [0.25, 0.3) is 0 Å². The first kappa shape index (κ1) is 24.1. The Labute approximate surface area is 205 Å². The minimum atomic E-state index is 0.453. The Morgan fingerprint density at radius 1 is 1.09 bits per heavy atom. The van der Waals surface area contributed by atoms with Gasteiger partial charge in [0.15, 0.2) is 0 Å². The molecule has 4 aliphatic carbocycles. The van der Waals surface area contributed by atoms with E-state index in [-0.39, 0.29) is 0 Å². The van der Waals surface area contributed by atoms with Gasteiger partial charge in [0.1, 0.15) is 0 Å². The lowest BCUT2D eigenvalue weighted by molar-refractivity contribution is 0.0445. The molecule has 1 saturated heterocycles. The van der Waals surface area contributed by atoms with Gasteiger partial charge >= 0.3 is 0 Å². The Morgan fingerprint density at radius 3 is 2.70 bits per heavy atom. The van der Waals surface area contributed by atoms with Gasteiger partial charge in [0.05, 0.1) is 0 Å². The molecular formula is C32H53N. The van der Waals surface area contributed by atoms with E-state index >= 15 is 0 Å². The number of hydrogen-bond acceptors (Lipinski definition) is 1. The van der Waals surface area contributed by atoms with E-state index in [0.29, 0.717) is 10.8 Å². The van der Waals surface area contributed by atoms with Crippen molar-refractivity contribution in [2.24, 2.45) is 52.3 Å². The molecule has 5 aliphatic rings. The molecule has 1 nitrogen and oxygen atoms in total. The molecule has 1 heterocycles. The summed E-state index contributed by atoms with van der Waals surface area (Å²) in [6, 6.07) is 0. The molecule has 33 heavy (non-hydrogen) atoms. The molecular weight excluding hydrogens is 398 g/mol. The van der Waals surface area contributed by atoms with Crippen LogP contribution in [0, 0.1) is 52.3 Å². The smallest absolute Gasteiger partial charge is 0.000662 e. The number of allylic oxidation sites excluding steroid dienone is 4. The van der Waals surface area contributed by atoms with Crippen molar-refractivity contribution < 1.29 is 0 Å². The van der Waals surface area contributed by atoms with Crippen LogP contribution >= 0.6 is 0 Å². The SMILES string of the molecule is CC1CC=C2C=C3CCC4(C)C(C(C)CCC5CCN(C)CC5C)CCC4C3CCC2(C)C1. The molecule has 3 fully saturated rings. The highest BCUT2D eigenvalue weighted by molar-refractivity contribution is 5.36. The zero-order chi connectivity index (χ0) is 23.4. The zero-order valence-corrected chi connectivity index (χ0v) is 22.8. The van der Waals surface area contributed by atoms with Crippen LogP contribution < -0.4 is 0 Å². The van der Waals surface area contributed by atoms with E-state index in [1.54, 1.807) is 5.57 Å². The lowest BCUT2D eigenvalue weighted by Gasteiger charge is -2.48.